The van der Waals surface area contributed by atoms with Crippen LogP contribution in [0.2, 0.25) is 0 Å². The van der Waals surface area contributed by atoms with Gasteiger partial charge in [0.05, 0.1) is 11.6 Å². The number of hydrogen-bond donors (Lipinski definition) is 0. The fourth-order valence-electron chi connectivity index (χ4n) is 1.38. The monoisotopic (exact) mass is 223 g/mol. The molecule has 0 radical (unpaired) electrons. The van der Waals surface area contributed by atoms with Crippen molar-refractivity contribution in [3.05, 3.63) is 59.7 Å². The molecule has 0 fully saturated rings. The van der Waals surface area contributed by atoms with Crippen LogP contribution in [0.1, 0.15) is 15.9 Å². The molecule has 3 nitrogen and oxygen atoms in total. The Balaban J connectivity index is 2.19. The second-order valence-corrected chi connectivity index (χ2v) is 3.43. The number of rotatable bonds is 3. The molecule has 0 saturated carbocycles. The van der Waals surface area contributed by atoms with E-state index in [4.69, 9.17) is 10.00 Å². The van der Waals surface area contributed by atoms with Crippen molar-refractivity contribution in [2.24, 2.45) is 0 Å². The number of ether oxygens (including phenoxy) is 1. The second kappa shape index (κ2) is 4.95. The quantitative estimate of drug-likeness (QED) is 0.751. The first kappa shape index (κ1) is 10.9. The minimum atomic E-state index is 0.548. The number of hydrogen-bond acceptors (Lipinski definition) is 3. The first-order valence-corrected chi connectivity index (χ1v) is 5.05. The van der Waals surface area contributed by atoms with Gasteiger partial charge in [-0.25, -0.2) is 0 Å². The van der Waals surface area contributed by atoms with Gasteiger partial charge in [-0.3, -0.25) is 4.79 Å². The molecule has 0 heterocycles. The van der Waals surface area contributed by atoms with Crippen molar-refractivity contribution < 1.29 is 9.53 Å². The van der Waals surface area contributed by atoms with Gasteiger partial charge in [-0.2, -0.15) is 5.26 Å². The summed E-state index contributed by atoms with van der Waals surface area (Å²) >= 11 is 0. The Morgan fingerprint density at radius 2 is 1.82 bits per heavy atom. The molecule has 0 spiro atoms. The zero-order valence-corrected chi connectivity index (χ0v) is 8.96. The van der Waals surface area contributed by atoms with E-state index >= 15 is 0 Å². The lowest BCUT2D eigenvalue weighted by atomic mass is 10.2. The van der Waals surface area contributed by atoms with E-state index in [1.54, 1.807) is 48.5 Å². The third-order valence-electron chi connectivity index (χ3n) is 2.22. The average molecular weight is 223 g/mol. The van der Waals surface area contributed by atoms with E-state index < -0.39 is 0 Å². The van der Waals surface area contributed by atoms with E-state index in [9.17, 15) is 4.79 Å². The van der Waals surface area contributed by atoms with Crippen molar-refractivity contribution in [3.8, 4) is 17.6 Å². The summed E-state index contributed by atoms with van der Waals surface area (Å²) in [5.41, 5.74) is 1.15. The highest BCUT2D eigenvalue weighted by molar-refractivity contribution is 5.74. The van der Waals surface area contributed by atoms with Crippen LogP contribution in [0.15, 0.2) is 48.5 Å². The van der Waals surface area contributed by atoms with Crippen LogP contribution in [-0.2, 0) is 0 Å². The molecule has 2 aromatic carbocycles. The Hall–Kier alpha value is -2.60. The second-order valence-electron chi connectivity index (χ2n) is 3.43. The van der Waals surface area contributed by atoms with Crippen LogP contribution in [-0.4, -0.2) is 6.29 Å². The average Bonchev–Trinajstić information content (AvgIpc) is 2.40. The van der Waals surface area contributed by atoms with Crippen molar-refractivity contribution in [1.82, 2.24) is 0 Å². The van der Waals surface area contributed by atoms with Crippen LogP contribution in [0.25, 0.3) is 0 Å². The molecule has 0 unspecified atom stereocenters. The van der Waals surface area contributed by atoms with Crippen molar-refractivity contribution in [2.45, 2.75) is 0 Å². The number of nitriles is 1. The maximum absolute atomic E-state index is 10.5. The van der Waals surface area contributed by atoms with E-state index in [0.717, 1.165) is 6.29 Å². The third-order valence-corrected chi connectivity index (χ3v) is 2.22. The molecule has 0 aromatic heterocycles. The Morgan fingerprint density at radius 3 is 2.47 bits per heavy atom. The van der Waals surface area contributed by atoms with Crippen LogP contribution in [0.3, 0.4) is 0 Å². The highest BCUT2D eigenvalue weighted by Gasteiger charge is 1.98. The minimum absolute atomic E-state index is 0.548. The van der Waals surface area contributed by atoms with E-state index in [1.165, 1.54) is 0 Å². The van der Waals surface area contributed by atoms with E-state index in [0.29, 0.717) is 22.6 Å². The van der Waals surface area contributed by atoms with Gasteiger partial charge in [0.25, 0.3) is 0 Å². The summed E-state index contributed by atoms with van der Waals surface area (Å²) < 4.78 is 5.55. The van der Waals surface area contributed by atoms with E-state index in [1.807, 2.05) is 6.07 Å². The van der Waals surface area contributed by atoms with Crippen LogP contribution in [0.4, 0.5) is 0 Å². The fourth-order valence-corrected chi connectivity index (χ4v) is 1.38. The van der Waals surface area contributed by atoms with Gasteiger partial charge in [0, 0.05) is 5.56 Å². The summed E-state index contributed by atoms with van der Waals surface area (Å²) in [5, 5.41) is 8.75. The molecule has 17 heavy (non-hydrogen) atoms. The molecule has 0 aliphatic rings. The molecular weight excluding hydrogens is 214 g/mol. The molecule has 0 amide bonds. The Labute approximate surface area is 98.9 Å². The van der Waals surface area contributed by atoms with Crippen molar-refractivity contribution in [3.63, 3.8) is 0 Å². The summed E-state index contributed by atoms with van der Waals surface area (Å²) in [6.07, 6.45) is 0.778. The van der Waals surface area contributed by atoms with Gasteiger partial charge >= 0.3 is 0 Å². The van der Waals surface area contributed by atoms with Gasteiger partial charge in [-0.15, -0.1) is 0 Å². The van der Waals surface area contributed by atoms with E-state index in [2.05, 4.69) is 0 Å². The third kappa shape index (κ3) is 2.70. The molecule has 0 saturated heterocycles. The SMILES string of the molecule is N#Cc1cccc(Oc2ccc(C=O)cc2)c1. The van der Waals surface area contributed by atoms with Crippen molar-refractivity contribution in [1.29, 1.82) is 5.26 Å². The summed E-state index contributed by atoms with van der Waals surface area (Å²) in [5.74, 6) is 1.23. The normalized spacial score (nSPS) is 9.35. The lowest BCUT2D eigenvalue weighted by molar-refractivity contribution is 0.112. The van der Waals surface area contributed by atoms with Gasteiger partial charge < -0.3 is 4.74 Å². The molecule has 3 heteroatoms. The molecule has 2 rings (SSSR count). The minimum Gasteiger partial charge on any atom is -0.457 e. The van der Waals surface area contributed by atoms with Crippen molar-refractivity contribution >= 4 is 6.29 Å². The molecule has 0 N–H and O–H groups in total. The molecule has 2 aromatic rings. The number of carbonyl (C=O) groups excluding carboxylic acids is 1. The topological polar surface area (TPSA) is 50.1 Å². The lowest BCUT2D eigenvalue weighted by Gasteiger charge is -2.05. The van der Waals surface area contributed by atoms with E-state index in [-0.39, 0.29) is 0 Å². The largest absolute Gasteiger partial charge is 0.457 e. The molecular formula is C14H9NO2. The number of carbonyl (C=O) groups is 1. The first-order valence-electron chi connectivity index (χ1n) is 5.05. The van der Waals surface area contributed by atoms with Crippen LogP contribution < -0.4 is 4.74 Å². The predicted molar refractivity (Wildman–Crippen MR) is 63.1 cm³/mol. The standard InChI is InChI=1S/C14H9NO2/c15-9-12-2-1-3-14(8-12)17-13-6-4-11(10-16)5-7-13/h1-8,10H. The Bertz CT molecular complexity index is 568. The molecule has 0 bridgehead atoms. The Morgan fingerprint density at radius 1 is 1.06 bits per heavy atom. The number of aldehydes is 1. The summed E-state index contributed by atoms with van der Waals surface area (Å²) in [7, 11) is 0. The van der Waals surface area contributed by atoms with Gasteiger partial charge in [-0.1, -0.05) is 6.07 Å². The Kier molecular flexibility index (Phi) is 3.18. The first-order chi connectivity index (χ1) is 8.31. The van der Waals surface area contributed by atoms with Gasteiger partial charge in [-0.05, 0) is 42.5 Å². The number of nitrogens with zero attached hydrogens (tertiary/aromatic N) is 1. The zero-order valence-electron chi connectivity index (χ0n) is 8.96. The van der Waals surface area contributed by atoms with Gasteiger partial charge in [0.15, 0.2) is 0 Å². The predicted octanol–water partition coefficient (Wildman–Crippen LogP) is 3.16. The molecule has 0 aliphatic carbocycles. The maximum atomic E-state index is 10.5. The highest BCUT2D eigenvalue weighted by atomic mass is 16.5. The van der Waals surface area contributed by atoms with Gasteiger partial charge in [0.1, 0.15) is 17.8 Å². The van der Waals surface area contributed by atoms with Crippen LogP contribution in [0.5, 0.6) is 11.5 Å². The molecule has 82 valence electrons. The maximum Gasteiger partial charge on any atom is 0.150 e. The lowest BCUT2D eigenvalue weighted by Crippen LogP contribution is -1.86. The smallest absolute Gasteiger partial charge is 0.150 e. The molecule has 0 atom stereocenters. The van der Waals surface area contributed by atoms with Crippen LogP contribution >= 0.6 is 0 Å². The van der Waals surface area contributed by atoms with Gasteiger partial charge in [0.2, 0.25) is 0 Å². The summed E-state index contributed by atoms with van der Waals surface area (Å²) in [6, 6.07) is 15.7. The zero-order chi connectivity index (χ0) is 12.1. The highest BCUT2D eigenvalue weighted by Crippen LogP contribution is 2.22. The van der Waals surface area contributed by atoms with Crippen LogP contribution in [0, 0.1) is 11.3 Å². The fraction of sp³-hybridized carbons (Fsp3) is 0. The summed E-state index contributed by atoms with van der Waals surface area (Å²) in [6.45, 7) is 0. The number of benzene rings is 2. The van der Waals surface area contributed by atoms with Crippen molar-refractivity contribution in [2.75, 3.05) is 0 Å². The molecule has 0 aliphatic heterocycles. The summed E-state index contributed by atoms with van der Waals surface area (Å²) in [4.78, 5) is 10.5.